The Labute approximate surface area is 142 Å². The molecule has 0 radical (unpaired) electrons. The molecule has 2 aromatic rings. The maximum absolute atomic E-state index is 12.4. The standard InChI is InChI=1S/C19H23N3O2/c1-13(2)17(19(24)21-12-15-7-5-9-20-11-15)22-18(23)16-8-4-6-14(3)10-16/h4-11,13,17H,12H2,1-3H3,(H,21,24)(H,22,23)/t17-/m0/s1. The molecule has 1 aromatic heterocycles. The van der Waals surface area contributed by atoms with E-state index in [1.807, 2.05) is 45.0 Å². The molecule has 0 unspecified atom stereocenters. The fraction of sp³-hybridized carbons (Fsp3) is 0.316. The van der Waals surface area contributed by atoms with Crippen molar-refractivity contribution in [1.82, 2.24) is 15.6 Å². The predicted molar refractivity (Wildman–Crippen MR) is 93.4 cm³/mol. The van der Waals surface area contributed by atoms with Crippen LogP contribution in [0.1, 0.15) is 35.3 Å². The summed E-state index contributed by atoms with van der Waals surface area (Å²) in [4.78, 5) is 28.9. The summed E-state index contributed by atoms with van der Waals surface area (Å²) in [7, 11) is 0. The van der Waals surface area contributed by atoms with E-state index in [0.717, 1.165) is 11.1 Å². The molecule has 0 saturated carbocycles. The minimum Gasteiger partial charge on any atom is -0.350 e. The number of carbonyl (C=O) groups is 2. The number of benzene rings is 1. The summed E-state index contributed by atoms with van der Waals surface area (Å²) in [6.07, 6.45) is 3.39. The zero-order valence-corrected chi connectivity index (χ0v) is 14.2. The van der Waals surface area contributed by atoms with Gasteiger partial charge in [-0.3, -0.25) is 14.6 Å². The highest BCUT2D eigenvalue weighted by atomic mass is 16.2. The molecule has 0 saturated heterocycles. The molecular formula is C19H23N3O2. The molecule has 2 amide bonds. The lowest BCUT2D eigenvalue weighted by molar-refractivity contribution is -0.124. The number of aromatic nitrogens is 1. The van der Waals surface area contributed by atoms with Gasteiger partial charge in [-0.15, -0.1) is 0 Å². The number of hydrogen-bond donors (Lipinski definition) is 2. The molecule has 24 heavy (non-hydrogen) atoms. The van der Waals surface area contributed by atoms with E-state index in [1.165, 1.54) is 0 Å². The van der Waals surface area contributed by atoms with Crippen LogP contribution in [-0.4, -0.2) is 22.8 Å². The van der Waals surface area contributed by atoms with Gasteiger partial charge in [0.25, 0.3) is 5.91 Å². The lowest BCUT2D eigenvalue weighted by atomic mass is 10.0. The Balaban J connectivity index is 2.00. The lowest BCUT2D eigenvalue weighted by Crippen LogP contribution is -2.49. The van der Waals surface area contributed by atoms with E-state index in [2.05, 4.69) is 15.6 Å². The monoisotopic (exact) mass is 325 g/mol. The van der Waals surface area contributed by atoms with E-state index in [0.29, 0.717) is 12.1 Å². The zero-order valence-electron chi connectivity index (χ0n) is 14.2. The molecule has 2 rings (SSSR count). The number of rotatable bonds is 6. The first kappa shape index (κ1) is 17.7. The number of nitrogens with zero attached hydrogens (tertiary/aromatic N) is 1. The average molecular weight is 325 g/mol. The Morgan fingerprint density at radius 2 is 1.96 bits per heavy atom. The van der Waals surface area contributed by atoms with E-state index in [1.54, 1.807) is 24.5 Å². The second kappa shape index (κ2) is 8.24. The Hall–Kier alpha value is -2.69. The fourth-order valence-corrected chi connectivity index (χ4v) is 2.35. The lowest BCUT2D eigenvalue weighted by Gasteiger charge is -2.22. The van der Waals surface area contributed by atoms with Crippen LogP contribution in [0.2, 0.25) is 0 Å². The Morgan fingerprint density at radius 1 is 1.17 bits per heavy atom. The van der Waals surface area contributed by atoms with Gasteiger partial charge in [-0.1, -0.05) is 37.6 Å². The molecule has 1 atom stereocenters. The van der Waals surface area contributed by atoms with Crippen molar-refractivity contribution in [2.75, 3.05) is 0 Å². The average Bonchev–Trinajstić information content (AvgIpc) is 2.58. The van der Waals surface area contributed by atoms with Crippen molar-refractivity contribution in [1.29, 1.82) is 0 Å². The van der Waals surface area contributed by atoms with E-state index in [4.69, 9.17) is 0 Å². The summed E-state index contributed by atoms with van der Waals surface area (Å²) in [5, 5.41) is 5.68. The van der Waals surface area contributed by atoms with Gasteiger partial charge in [0, 0.05) is 24.5 Å². The number of nitrogens with one attached hydrogen (secondary N) is 2. The molecule has 0 bridgehead atoms. The number of pyridine rings is 1. The van der Waals surface area contributed by atoms with Crippen molar-refractivity contribution in [3.05, 3.63) is 65.5 Å². The van der Waals surface area contributed by atoms with Gasteiger partial charge in [-0.05, 0) is 36.6 Å². The van der Waals surface area contributed by atoms with Gasteiger partial charge >= 0.3 is 0 Å². The van der Waals surface area contributed by atoms with E-state index < -0.39 is 6.04 Å². The summed E-state index contributed by atoms with van der Waals surface area (Å²) in [6, 6.07) is 10.4. The van der Waals surface area contributed by atoms with Crippen LogP contribution in [-0.2, 0) is 11.3 Å². The summed E-state index contributed by atoms with van der Waals surface area (Å²) in [5.41, 5.74) is 2.48. The van der Waals surface area contributed by atoms with Crippen LogP contribution in [0.4, 0.5) is 0 Å². The van der Waals surface area contributed by atoms with Crippen molar-refractivity contribution in [2.45, 2.75) is 33.4 Å². The topological polar surface area (TPSA) is 71.1 Å². The second-order valence-electron chi connectivity index (χ2n) is 6.14. The van der Waals surface area contributed by atoms with Gasteiger partial charge in [-0.2, -0.15) is 0 Å². The quantitative estimate of drug-likeness (QED) is 0.857. The Morgan fingerprint density at radius 3 is 2.58 bits per heavy atom. The van der Waals surface area contributed by atoms with Gasteiger partial charge in [0.15, 0.2) is 0 Å². The van der Waals surface area contributed by atoms with Gasteiger partial charge < -0.3 is 10.6 Å². The van der Waals surface area contributed by atoms with Crippen LogP contribution < -0.4 is 10.6 Å². The van der Waals surface area contributed by atoms with Gasteiger partial charge in [0.1, 0.15) is 6.04 Å². The van der Waals surface area contributed by atoms with Crippen molar-refractivity contribution < 1.29 is 9.59 Å². The molecule has 0 fully saturated rings. The maximum atomic E-state index is 12.4. The fourth-order valence-electron chi connectivity index (χ4n) is 2.35. The van der Waals surface area contributed by atoms with Gasteiger partial charge in [-0.25, -0.2) is 0 Å². The largest absolute Gasteiger partial charge is 0.350 e. The van der Waals surface area contributed by atoms with Crippen LogP contribution in [0.15, 0.2) is 48.8 Å². The van der Waals surface area contributed by atoms with Crippen molar-refractivity contribution in [3.63, 3.8) is 0 Å². The number of hydrogen-bond acceptors (Lipinski definition) is 3. The summed E-state index contributed by atoms with van der Waals surface area (Å²) >= 11 is 0. The third kappa shape index (κ3) is 4.91. The first-order valence-electron chi connectivity index (χ1n) is 8.01. The van der Waals surface area contributed by atoms with Crippen LogP contribution in [0.25, 0.3) is 0 Å². The van der Waals surface area contributed by atoms with Crippen molar-refractivity contribution >= 4 is 11.8 Å². The summed E-state index contributed by atoms with van der Waals surface area (Å²) < 4.78 is 0. The molecule has 126 valence electrons. The van der Waals surface area contributed by atoms with Crippen LogP contribution in [0, 0.1) is 12.8 Å². The third-order valence-corrected chi connectivity index (χ3v) is 3.71. The first-order chi connectivity index (χ1) is 11.5. The number of amides is 2. The molecule has 0 aliphatic rings. The minimum atomic E-state index is -0.588. The highest BCUT2D eigenvalue weighted by Crippen LogP contribution is 2.08. The van der Waals surface area contributed by atoms with E-state index in [-0.39, 0.29) is 17.7 Å². The van der Waals surface area contributed by atoms with Crippen LogP contribution in [0.5, 0.6) is 0 Å². The van der Waals surface area contributed by atoms with Gasteiger partial charge in [0.2, 0.25) is 5.91 Å². The highest BCUT2D eigenvalue weighted by molar-refractivity contribution is 5.97. The van der Waals surface area contributed by atoms with Crippen LogP contribution in [0.3, 0.4) is 0 Å². The zero-order chi connectivity index (χ0) is 17.5. The normalized spacial score (nSPS) is 11.8. The summed E-state index contributed by atoms with van der Waals surface area (Å²) in [6.45, 7) is 6.13. The highest BCUT2D eigenvalue weighted by Gasteiger charge is 2.24. The molecule has 0 spiro atoms. The number of carbonyl (C=O) groups excluding carboxylic acids is 2. The molecule has 5 nitrogen and oxygen atoms in total. The van der Waals surface area contributed by atoms with Crippen molar-refractivity contribution in [3.8, 4) is 0 Å². The second-order valence-corrected chi connectivity index (χ2v) is 6.14. The number of aryl methyl sites for hydroxylation is 1. The molecule has 1 heterocycles. The molecule has 0 aliphatic heterocycles. The Bertz CT molecular complexity index is 699. The van der Waals surface area contributed by atoms with Crippen LogP contribution >= 0.6 is 0 Å². The van der Waals surface area contributed by atoms with E-state index in [9.17, 15) is 9.59 Å². The molecular weight excluding hydrogens is 302 g/mol. The maximum Gasteiger partial charge on any atom is 0.251 e. The predicted octanol–water partition coefficient (Wildman–Crippen LogP) is 2.46. The smallest absolute Gasteiger partial charge is 0.251 e. The molecule has 1 aromatic carbocycles. The SMILES string of the molecule is Cc1cccc(C(=O)N[C@H](C(=O)NCc2cccnc2)C(C)C)c1. The first-order valence-corrected chi connectivity index (χ1v) is 8.01. The Kier molecular flexibility index (Phi) is 6.07. The third-order valence-electron chi connectivity index (χ3n) is 3.71. The molecule has 0 aliphatic carbocycles. The minimum absolute atomic E-state index is 0.0207. The van der Waals surface area contributed by atoms with Crippen molar-refractivity contribution in [2.24, 2.45) is 5.92 Å². The molecule has 2 N–H and O–H groups in total. The molecule has 5 heteroatoms. The summed E-state index contributed by atoms with van der Waals surface area (Å²) in [5.74, 6) is -0.462. The van der Waals surface area contributed by atoms with Gasteiger partial charge in [0.05, 0.1) is 0 Å². The van der Waals surface area contributed by atoms with E-state index >= 15 is 0 Å².